The zero-order valence-corrected chi connectivity index (χ0v) is 72.4. The molecule has 0 bridgehead atoms. The lowest BCUT2D eigenvalue weighted by Gasteiger charge is -2.19. The number of aryl methyl sites for hydroxylation is 4. The summed E-state index contributed by atoms with van der Waals surface area (Å²) in [6.45, 7) is 15.8. The lowest BCUT2D eigenvalue weighted by molar-refractivity contribution is -0.132. The Balaban J connectivity index is 0.000000159. The SMILES string of the molecule is C.CC(=O)Nc1c(C)cccc1C(=O)O[C@@H]1CO[C@@H]2C(OC(=O)c3ccccc3OC(C)=O)CO[C@@H]21.CC(=O)Oc1ccccc1C(=O)OC1CO[C@H]2[C@@H]1OC[C@H]2OC(=O)c1cccc(C)c1C.CC(=O)Oc1ccccc1C(=O)OC1CO[C@H]2[C@@H]1OC[C@H]2OC(=O)c1cccc(C)c1O.CC(=O)Oc1ccccc1C(=O)OC1CO[C@H]2[C@@H]1OC[C@H]2OC(=O)c1cccc(C)c1O. The first-order valence-corrected chi connectivity index (χ1v) is 41.5. The van der Waals surface area contributed by atoms with Gasteiger partial charge in [-0.05, 0) is 135 Å². The van der Waals surface area contributed by atoms with E-state index in [1.165, 1.54) is 95.3 Å². The third kappa shape index (κ3) is 23.1. The second-order valence-electron chi connectivity index (χ2n) is 31.2. The molecule has 0 aliphatic carbocycles. The number of phenols is 2. The lowest BCUT2D eigenvalue weighted by Crippen LogP contribution is -2.36. The highest BCUT2D eigenvalue weighted by Gasteiger charge is 2.56. The van der Waals surface area contributed by atoms with Gasteiger partial charge >= 0.3 is 71.6 Å². The van der Waals surface area contributed by atoms with E-state index in [0.717, 1.165) is 11.1 Å². The predicted octanol–water partition coefficient (Wildman–Crippen LogP) is 10.2. The van der Waals surface area contributed by atoms with E-state index in [2.05, 4.69) is 5.32 Å². The molecule has 8 heterocycles. The number of hydrogen-bond donors (Lipinski definition) is 3. The maximum atomic E-state index is 12.9. The highest BCUT2D eigenvalue weighted by Crippen LogP contribution is 2.40. The predicted molar refractivity (Wildman–Crippen MR) is 456 cm³/mol. The van der Waals surface area contributed by atoms with E-state index < -0.39 is 169 Å². The van der Waals surface area contributed by atoms with Crippen molar-refractivity contribution in [3.8, 4) is 34.5 Å². The van der Waals surface area contributed by atoms with Gasteiger partial charge in [-0.15, -0.1) is 0 Å². The van der Waals surface area contributed by atoms with E-state index in [4.69, 9.17) is 94.7 Å². The Morgan fingerprint density at radius 2 is 0.455 bits per heavy atom. The first kappa shape index (κ1) is 97.2. The second kappa shape index (κ2) is 43.7. The molecule has 1 amide bonds. The molecule has 36 nitrogen and oxygen atoms in total. The molecule has 8 aliphatic heterocycles. The molecule has 0 spiro atoms. The number of para-hydroxylation sites is 7. The molecule has 8 fully saturated rings. The molecule has 8 saturated heterocycles. The van der Waals surface area contributed by atoms with E-state index in [-0.39, 0.29) is 140 Å². The Morgan fingerprint density at radius 1 is 0.258 bits per heavy atom. The van der Waals surface area contributed by atoms with Crippen LogP contribution in [0.25, 0.3) is 0 Å². The fourth-order valence-corrected chi connectivity index (χ4v) is 15.4. The molecule has 0 saturated carbocycles. The quantitative estimate of drug-likeness (QED) is 0.0342. The lowest BCUT2D eigenvalue weighted by atomic mass is 10.0. The number of esters is 12. The number of phenolic OH excluding ortho intramolecular Hbond substituents is 2. The number of carbonyl (C=O) groups is 13. The summed E-state index contributed by atoms with van der Waals surface area (Å²) in [4.78, 5) is 158. The van der Waals surface area contributed by atoms with Crippen molar-refractivity contribution in [2.24, 2.45) is 0 Å². The molecule has 8 aromatic carbocycles. The van der Waals surface area contributed by atoms with Crippen molar-refractivity contribution >= 4 is 83.2 Å². The fourth-order valence-electron chi connectivity index (χ4n) is 15.4. The van der Waals surface area contributed by atoms with Gasteiger partial charge in [-0.1, -0.05) is 104 Å². The van der Waals surface area contributed by atoms with Crippen molar-refractivity contribution in [2.75, 3.05) is 58.2 Å². The largest absolute Gasteiger partial charge is 0.507 e. The van der Waals surface area contributed by atoms with Crippen molar-refractivity contribution < 1.29 is 167 Å². The van der Waals surface area contributed by atoms with Gasteiger partial charge in [-0.2, -0.15) is 0 Å². The summed E-state index contributed by atoms with van der Waals surface area (Å²) >= 11 is 0. The van der Waals surface area contributed by atoms with Crippen molar-refractivity contribution in [2.45, 2.75) is 174 Å². The molecular weight excluding hydrogens is 1730 g/mol. The van der Waals surface area contributed by atoms with Crippen LogP contribution >= 0.6 is 0 Å². The van der Waals surface area contributed by atoms with Gasteiger partial charge in [0.15, 0.2) is 48.8 Å². The van der Waals surface area contributed by atoms with Crippen molar-refractivity contribution in [3.63, 3.8) is 0 Å². The van der Waals surface area contributed by atoms with Crippen molar-refractivity contribution in [1.82, 2.24) is 0 Å². The normalized spacial score (nSPS) is 23.4. The highest BCUT2D eigenvalue weighted by atomic mass is 16.7. The standard InChI is InChI=1S/C25H25NO9.C24H24O8.2C23H22O9.CH4/c1-13-7-6-9-17(21(13)26-14(2)27)25(30)35-20-12-32-22-19(11-31-23(20)22)34-24(29)16-8-4-5-10-18(16)33-15(3)28;1-13-7-6-9-16(14(13)2)23(26)31-19-11-28-22-20(12-29-21(19)22)32-24(27)17-8-4-5-10-18(17)30-15(3)25;2*1-12-6-5-8-15(19(12)25)23(27)32-18-11-29-20-17(10-28-21(18)20)31-22(26)14-7-3-4-9-16(14)30-13(2)24;/h4-10,19-20,22-23H,11-12H2,1-3H3,(H,26,27);4-10,19-22H,11-12H2,1-3H3;2*3-9,17-18,20-21,25H,10-11H2,1-2H3;1H4/t19?,20-,22-,23-;19-,20?,21-,22-;2*17?,18-,20-,21-;/m1111./s1. The Labute approximate surface area is 756 Å². The smallest absolute Gasteiger partial charge is 0.342 e. The summed E-state index contributed by atoms with van der Waals surface area (Å²) in [6.07, 6.45) is -10.5. The number of aromatic hydroxyl groups is 2. The monoisotopic (exact) mass is 1820 g/mol. The molecule has 16 atom stereocenters. The van der Waals surface area contributed by atoms with Crippen LogP contribution in [-0.2, 0) is 99.8 Å². The van der Waals surface area contributed by atoms with Crippen LogP contribution in [0.15, 0.2) is 170 Å². The molecule has 132 heavy (non-hydrogen) atoms. The third-order valence-electron chi connectivity index (χ3n) is 21.9. The molecular formula is C96H97NO35. The summed E-state index contributed by atoms with van der Waals surface area (Å²) < 4.78 is 111. The summed E-state index contributed by atoms with van der Waals surface area (Å²) in [6, 6.07) is 45.1. The molecule has 36 heteroatoms. The van der Waals surface area contributed by atoms with Crippen LogP contribution in [0.4, 0.5) is 5.69 Å². The number of hydrogen-bond acceptors (Lipinski definition) is 35. The van der Waals surface area contributed by atoms with Crippen LogP contribution in [0.1, 0.15) is 153 Å². The molecule has 3 N–H and O–H groups in total. The number of anilines is 1. The zero-order valence-electron chi connectivity index (χ0n) is 72.4. The minimum absolute atomic E-state index is 0. The Hall–Kier alpha value is -13.9. The topological polar surface area (TPSA) is 459 Å². The van der Waals surface area contributed by atoms with Crippen LogP contribution in [0.5, 0.6) is 34.5 Å². The minimum atomic E-state index is -0.740. The van der Waals surface area contributed by atoms with Crippen LogP contribution in [-0.4, -0.2) is 238 Å². The van der Waals surface area contributed by atoms with Crippen LogP contribution in [0, 0.1) is 34.6 Å². The first-order valence-electron chi connectivity index (χ1n) is 41.5. The first-order chi connectivity index (χ1) is 62.8. The van der Waals surface area contributed by atoms with Gasteiger partial charge in [0.1, 0.15) is 117 Å². The van der Waals surface area contributed by atoms with Gasteiger partial charge in [0.2, 0.25) is 5.91 Å². The minimum Gasteiger partial charge on any atom is -0.507 e. The van der Waals surface area contributed by atoms with Crippen LogP contribution in [0.3, 0.4) is 0 Å². The van der Waals surface area contributed by atoms with Crippen LogP contribution in [0.2, 0.25) is 0 Å². The van der Waals surface area contributed by atoms with Gasteiger partial charge < -0.3 is 110 Å². The molecule has 8 aliphatic rings. The average molecular weight is 1820 g/mol. The van der Waals surface area contributed by atoms with E-state index in [1.807, 2.05) is 26.0 Å². The molecule has 696 valence electrons. The van der Waals surface area contributed by atoms with Gasteiger partial charge in [-0.3, -0.25) is 24.0 Å². The van der Waals surface area contributed by atoms with Crippen molar-refractivity contribution in [3.05, 3.63) is 242 Å². The molecule has 0 radical (unpaired) electrons. The zero-order chi connectivity index (χ0) is 93.6. The summed E-state index contributed by atoms with van der Waals surface area (Å²) in [7, 11) is 0. The Morgan fingerprint density at radius 3 is 0.705 bits per heavy atom. The fraction of sp³-hybridized carbons (Fsp3) is 0.365. The van der Waals surface area contributed by atoms with Crippen molar-refractivity contribution in [1.29, 1.82) is 0 Å². The number of nitrogens with one attached hydrogen (secondary N) is 1. The third-order valence-corrected chi connectivity index (χ3v) is 21.9. The Bertz CT molecular complexity index is 5270. The maximum Gasteiger partial charge on any atom is 0.342 e. The summed E-state index contributed by atoms with van der Waals surface area (Å²) in [5.41, 5.74) is 5.30. The number of fused-ring (bicyclic) bond motifs is 4. The number of carbonyl (C=O) groups excluding carboxylic acids is 13. The van der Waals surface area contributed by atoms with Gasteiger partial charge in [0.25, 0.3) is 0 Å². The van der Waals surface area contributed by atoms with Gasteiger partial charge in [0.05, 0.1) is 69.7 Å². The van der Waals surface area contributed by atoms with E-state index in [9.17, 15) is 72.5 Å². The average Bonchev–Trinajstić information content (AvgIpc) is 1.64. The number of amides is 1. The van der Waals surface area contributed by atoms with E-state index in [1.54, 1.807) is 118 Å². The summed E-state index contributed by atoms with van der Waals surface area (Å²) in [5.74, 6) is -7.60. The number of rotatable bonds is 21. The highest BCUT2D eigenvalue weighted by molar-refractivity contribution is 6.02. The van der Waals surface area contributed by atoms with E-state index in [0.29, 0.717) is 27.9 Å². The van der Waals surface area contributed by atoms with E-state index >= 15 is 0 Å². The van der Waals surface area contributed by atoms with Crippen LogP contribution < -0.4 is 24.3 Å². The molecule has 0 aromatic heterocycles. The second-order valence-corrected chi connectivity index (χ2v) is 31.2. The van der Waals surface area contributed by atoms with Gasteiger partial charge in [0, 0.05) is 34.6 Å². The van der Waals surface area contributed by atoms with Gasteiger partial charge in [-0.25, -0.2) is 38.4 Å². The Kier molecular flexibility index (Phi) is 32.2. The number of benzene rings is 8. The maximum absolute atomic E-state index is 12.9. The number of ether oxygens (including phenoxy) is 20. The molecule has 4 unspecified atom stereocenters. The molecule has 8 aromatic rings. The summed E-state index contributed by atoms with van der Waals surface area (Å²) in [5, 5.41) is 22.9. The molecule has 16 rings (SSSR count).